The third-order valence-electron chi connectivity index (χ3n) is 2.27. The van der Waals surface area contributed by atoms with Crippen molar-refractivity contribution in [2.24, 2.45) is 0 Å². The minimum absolute atomic E-state index is 0.0682. The van der Waals surface area contributed by atoms with Crippen LogP contribution in [-0.4, -0.2) is 27.0 Å². The van der Waals surface area contributed by atoms with E-state index < -0.39 is 23.4 Å². The number of carbonyl (C=O) groups excluding carboxylic acids is 1. The zero-order valence-electron chi connectivity index (χ0n) is 7.98. The minimum Gasteiger partial charge on any atom is -0.481 e. The molecule has 0 spiro atoms. The van der Waals surface area contributed by atoms with Gasteiger partial charge < -0.3 is 16.2 Å². The van der Waals surface area contributed by atoms with E-state index in [-0.39, 0.29) is 23.8 Å². The molecule has 0 saturated heterocycles. The lowest BCUT2D eigenvalue weighted by atomic mass is 9.94. The van der Waals surface area contributed by atoms with E-state index in [1.165, 1.54) is 0 Å². The summed E-state index contributed by atoms with van der Waals surface area (Å²) in [6.07, 6.45) is -0.281. The molecule has 8 nitrogen and oxygen atoms in total. The van der Waals surface area contributed by atoms with Gasteiger partial charge in [0, 0.05) is 6.42 Å². The number of anilines is 2. The van der Waals surface area contributed by atoms with E-state index in [0.717, 1.165) is 0 Å². The zero-order valence-corrected chi connectivity index (χ0v) is 7.98. The number of nitrogen functional groups attached to an aromatic ring is 1. The van der Waals surface area contributed by atoms with Gasteiger partial charge in [0.15, 0.2) is 0 Å². The maximum atomic E-state index is 11.5. The van der Waals surface area contributed by atoms with Gasteiger partial charge in [-0.25, -0.2) is 0 Å². The summed E-state index contributed by atoms with van der Waals surface area (Å²) in [5, 5.41) is 11.2. The van der Waals surface area contributed by atoms with Crippen LogP contribution >= 0.6 is 0 Å². The molecular weight excluding hydrogens is 216 g/mol. The van der Waals surface area contributed by atoms with Crippen molar-refractivity contribution in [3.05, 3.63) is 15.9 Å². The van der Waals surface area contributed by atoms with Gasteiger partial charge in [0.2, 0.25) is 11.9 Å². The number of aliphatic carboxylic acids is 1. The first-order valence-corrected chi connectivity index (χ1v) is 4.41. The lowest BCUT2D eigenvalue weighted by Gasteiger charge is -2.20. The van der Waals surface area contributed by atoms with Crippen LogP contribution in [0.15, 0.2) is 4.79 Å². The van der Waals surface area contributed by atoms with E-state index in [9.17, 15) is 14.4 Å². The molecule has 1 aromatic rings. The number of carbonyl (C=O) groups is 2. The van der Waals surface area contributed by atoms with E-state index in [0.29, 0.717) is 0 Å². The molecule has 84 valence electrons. The Labute approximate surface area is 88.5 Å². The summed E-state index contributed by atoms with van der Waals surface area (Å²) in [4.78, 5) is 39.5. The SMILES string of the molecule is Nc1nc2c(c(=O)[nH]1)C(C(=O)O)CC(=O)N2. The van der Waals surface area contributed by atoms with Crippen molar-refractivity contribution in [3.8, 4) is 0 Å². The molecule has 0 aromatic carbocycles. The summed E-state index contributed by atoms with van der Waals surface area (Å²) >= 11 is 0. The van der Waals surface area contributed by atoms with Gasteiger partial charge >= 0.3 is 5.97 Å². The summed E-state index contributed by atoms with van der Waals surface area (Å²) in [5.74, 6) is -3.17. The largest absolute Gasteiger partial charge is 0.481 e. The predicted octanol–water partition coefficient (Wildman–Crippen LogP) is -1.14. The third kappa shape index (κ3) is 1.49. The molecule has 8 heteroatoms. The summed E-state index contributed by atoms with van der Waals surface area (Å²) < 4.78 is 0. The fourth-order valence-corrected chi connectivity index (χ4v) is 1.60. The van der Waals surface area contributed by atoms with Crippen LogP contribution in [0.25, 0.3) is 0 Å². The molecule has 0 fully saturated rings. The minimum atomic E-state index is -1.24. The number of hydrogen-bond acceptors (Lipinski definition) is 5. The van der Waals surface area contributed by atoms with Crippen LogP contribution in [0.4, 0.5) is 11.8 Å². The van der Waals surface area contributed by atoms with Crippen LogP contribution in [0, 0.1) is 0 Å². The number of hydrogen-bond donors (Lipinski definition) is 4. The van der Waals surface area contributed by atoms with Gasteiger partial charge in [-0.15, -0.1) is 0 Å². The number of nitrogens with zero attached hydrogens (tertiary/aromatic N) is 1. The Balaban J connectivity index is 2.66. The lowest BCUT2D eigenvalue weighted by Crippen LogP contribution is -2.34. The van der Waals surface area contributed by atoms with Crippen molar-refractivity contribution in [2.45, 2.75) is 12.3 Å². The quantitative estimate of drug-likeness (QED) is 0.475. The Bertz CT molecular complexity index is 535. The second kappa shape index (κ2) is 3.33. The van der Waals surface area contributed by atoms with Crippen molar-refractivity contribution in [2.75, 3.05) is 11.1 Å². The fraction of sp³-hybridized carbons (Fsp3) is 0.250. The van der Waals surface area contributed by atoms with E-state index in [2.05, 4.69) is 15.3 Å². The monoisotopic (exact) mass is 224 g/mol. The van der Waals surface area contributed by atoms with Gasteiger partial charge in [-0.2, -0.15) is 4.98 Å². The Morgan fingerprint density at radius 2 is 2.19 bits per heavy atom. The number of carboxylic acids is 1. The highest BCUT2D eigenvalue weighted by molar-refractivity contribution is 5.98. The number of nitrogens with two attached hydrogens (primary N) is 1. The standard InChI is InChI=1S/C8H8N4O4/c9-8-11-5-4(6(14)12-8)2(7(15)16)1-3(13)10-5/h2H,1H2,(H,15,16)(H4,9,10,11,12,13,14). The van der Waals surface area contributed by atoms with Crippen LogP contribution in [0.3, 0.4) is 0 Å². The average Bonchev–Trinajstić information content (AvgIpc) is 2.14. The first-order chi connectivity index (χ1) is 7.49. The number of aromatic amines is 1. The summed E-state index contributed by atoms with van der Waals surface area (Å²) in [7, 11) is 0. The van der Waals surface area contributed by atoms with Gasteiger partial charge in [-0.3, -0.25) is 19.4 Å². The number of amides is 1. The molecule has 1 aliphatic rings. The molecular formula is C8H8N4O4. The molecule has 0 saturated carbocycles. The molecule has 0 radical (unpaired) electrons. The summed E-state index contributed by atoms with van der Waals surface area (Å²) in [6.45, 7) is 0. The average molecular weight is 224 g/mol. The molecule has 0 aliphatic carbocycles. The van der Waals surface area contributed by atoms with Gasteiger partial charge in [0.25, 0.3) is 5.56 Å². The van der Waals surface area contributed by atoms with Crippen molar-refractivity contribution < 1.29 is 14.7 Å². The number of aromatic nitrogens is 2. The van der Waals surface area contributed by atoms with Gasteiger partial charge in [-0.05, 0) is 0 Å². The lowest BCUT2D eigenvalue weighted by molar-refractivity contribution is -0.140. The maximum Gasteiger partial charge on any atom is 0.311 e. The van der Waals surface area contributed by atoms with Crippen molar-refractivity contribution in [1.82, 2.24) is 9.97 Å². The molecule has 5 N–H and O–H groups in total. The predicted molar refractivity (Wildman–Crippen MR) is 52.9 cm³/mol. The molecule has 1 aromatic heterocycles. The smallest absolute Gasteiger partial charge is 0.311 e. The molecule has 1 aliphatic heterocycles. The first kappa shape index (κ1) is 10.1. The van der Waals surface area contributed by atoms with Crippen molar-refractivity contribution in [1.29, 1.82) is 0 Å². The second-order valence-electron chi connectivity index (χ2n) is 3.36. The third-order valence-corrected chi connectivity index (χ3v) is 2.27. The van der Waals surface area contributed by atoms with E-state index >= 15 is 0 Å². The van der Waals surface area contributed by atoms with E-state index in [4.69, 9.17) is 10.8 Å². The van der Waals surface area contributed by atoms with Crippen LogP contribution in [0.2, 0.25) is 0 Å². The Morgan fingerprint density at radius 1 is 1.50 bits per heavy atom. The first-order valence-electron chi connectivity index (χ1n) is 4.41. The molecule has 1 unspecified atom stereocenters. The molecule has 1 amide bonds. The Hall–Kier alpha value is -2.38. The highest BCUT2D eigenvalue weighted by atomic mass is 16.4. The van der Waals surface area contributed by atoms with Gasteiger partial charge in [0.05, 0.1) is 11.5 Å². The zero-order chi connectivity index (χ0) is 11.9. The van der Waals surface area contributed by atoms with Crippen molar-refractivity contribution in [3.63, 3.8) is 0 Å². The second-order valence-corrected chi connectivity index (χ2v) is 3.36. The van der Waals surface area contributed by atoms with Crippen LogP contribution in [-0.2, 0) is 9.59 Å². The number of rotatable bonds is 1. The molecule has 16 heavy (non-hydrogen) atoms. The highest BCUT2D eigenvalue weighted by Gasteiger charge is 2.34. The summed E-state index contributed by atoms with van der Waals surface area (Å²) in [6, 6.07) is 0. The Kier molecular flexibility index (Phi) is 2.11. The van der Waals surface area contributed by atoms with Crippen LogP contribution < -0.4 is 16.6 Å². The molecule has 2 heterocycles. The number of carboxylic acid groups (broad SMARTS) is 1. The van der Waals surface area contributed by atoms with E-state index in [1.807, 2.05) is 0 Å². The van der Waals surface area contributed by atoms with Gasteiger partial charge in [-0.1, -0.05) is 0 Å². The number of H-pyrrole nitrogens is 1. The number of fused-ring (bicyclic) bond motifs is 1. The molecule has 0 bridgehead atoms. The van der Waals surface area contributed by atoms with Crippen LogP contribution in [0.5, 0.6) is 0 Å². The number of nitrogens with one attached hydrogen (secondary N) is 2. The highest BCUT2D eigenvalue weighted by Crippen LogP contribution is 2.27. The molecule has 1 atom stereocenters. The summed E-state index contributed by atoms with van der Waals surface area (Å²) in [5.41, 5.74) is 4.57. The van der Waals surface area contributed by atoms with Crippen molar-refractivity contribution >= 4 is 23.6 Å². The maximum absolute atomic E-state index is 11.5. The topological polar surface area (TPSA) is 138 Å². The Morgan fingerprint density at radius 3 is 2.81 bits per heavy atom. The van der Waals surface area contributed by atoms with Gasteiger partial charge in [0.1, 0.15) is 5.82 Å². The fourth-order valence-electron chi connectivity index (χ4n) is 1.60. The van der Waals surface area contributed by atoms with Crippen LogP contribution in [0.1, 0.15) is 17.9 Å². The molecule has 2 rings (SSSR count). The normalized spacial score (nSPS) is 18.8. The van der Waals surface area contributed by atoms with E-state index in [1.54, 1.807) is 0 Å².